The first kappa shape index (κ1) is 12.6. The fourth-order valence-electron chi connectivity index (χ4n) is 1.88. The lowest BCUT2D eigenvalue weighted by atomic mass is 9.99. The van der Waals surface area contributed by atoms with Crippen LogP contribution in [0.3, 0.4) is 0 Å². The minimum atomic E-state index is -0.913. The van der Waals surface area contributed by atoms with Crippen molar-refractivity contribution in [1.29, 1.82) is 0 Å². The van der Waals surface area contributed by atoms with E-state index in [0.29, 0.717) is 0 Å². The van der Waals surface area contributed by atoms with Crippen LogP contribution >= 0.6 is 0 Å². The summed E-state index contributed by atoms with van der Waals surface area (Å²) in [6.07, 6.45) is 0.0461. The van der Waals surface area contributed by atoms with Crippen LogP contribution in [-0.2, 0) is 14.3 Å². The molecule has 5 nitrogen and oxygen atoms in total. The van der Waals surface area contributed by atoms with Gasteiger partial charge in [0.15, 0.2) is 0 Å². The first-order valence-electron chi connectivity index (χ1n) is 4.98. The number of esters is 1. The third-order valence-electron chi connectivity index (χ3n) is 2.67. The summed E-state index contributed by atoms with van der Waals surface area (Å²) in [7, 11) is 0. The second-order valence-electron chi connectivity index (χ2n) is 3.70. The number of hydrogen-bond acceptors (Lipinski definition) is 5. The highest BCUT2D eigenvalue weighted by atomic mass is 16.6. The van der Waals surface area contributed by atoms with E-state index in [1.54, 1.807) is 5.94 Å². The Kier molecular flexibility index (Phi) is 4.43. The molecule has 1 rings (SSSR count). The highest BCUT2D eigenvalue weighted by molar-refractivity contribution is 5.81. The van der Waals surface area contributed by atoms with Crippen molar-refractivity contribution in [1.82, 2.24) is 0 Å². The van der Waals surface area contributed by atoms with Crippen molar-refractivity contribution in [2.45, 2.75) is 31.2 Å². The number of carbonyl (C=O) groups is 1. The molecule has 0 amide bonds. The van der Waals surface area contributed by atoms with Crippen molar-refractivity contribution >= 4 is 11.9 Å². The van der Waals surface area contributed by atoms with Gasteiger partial charge in [0.05, 0.1) is 12.2 Å². The molecule has 16 heavy (non-hydrogen) atoms. The molecule has 0 spiro atoms. The van der Waals surface area contributed by atoms with Gasteiger partial charge in [-0.25, -0.2) is 9.59 Å². The maximum absolute atomic E-state index is 11.0. The summed E-state index contributed by atoms with van der Waals surface area (Å²) in [5.74, 6) is 0.463. The van der Waals surface area contributed by atoms with Gasteiger partial charge in [0.25, 0.3) is 0 Å². The minimum absolute atomic E-state index is 0.131. The van der Waals surface area contributed by atoms with Gasteiger partial charge in [-0.15, -0.1) is 0 Å². The number of rotatable bonds is 4. The van der Waals surface area contributed by atoms with Gasteiger partial charge in [-0.2, -0.15) is 0 Å². The van der Waals surface area contributed by atoms with Gasteiger partial charge >= 0.3 is 5.97 Å². The fourth-order valence-corrected chi connectivity index (χ4v) is 1.88. The van der Waals surface area contributed by atoms with Gasteiger partial charge in [0.2, 0.25) is 0 Å². The van der Waals surface area contributed by atoms with Crippen molar-refractivity contribution < 1.29 is 24.5 Å². The van der Waals surface area contributed by atoms with Gasteiger partial charge < -0.3 is 14.9 Å². The molecule has 0 aromatic carbocycles. The van der Waals surface area contributed by atoms with Gasteiger partial charge in [-0.05, 0) is 6.42 Å². The van der Waals surface area contributed by atoms with Gasteiger partial charge in [0.1, 0.15) is 12.0 Å². The zero-order valence-corrected chi connectivity index (χ0v) is 8.70. The molecule has 4 atom stereocenters. The van der Waals surface area contributed by atoms with Crippen molar-refractivity contribution in [3.05, 3.63) is 18.7 Å². The van der Waals surface area contributed by atoms with E-state index in [1.807, 2.05) is 0 Å². The quantitative estimate of drug-likeness (QED) is 0.387. The molecular weight excluding hydrogens is 212 g/mol. The molecule has 1 aliphatic rings. The molecule has 0 unspecified atom stereocenters. The molecule has 0 radical (unpaired) electrons. The molecule has 0 saturated heterocycles. The zero-order chi connectivity index (χ0) is 12.1. The predicted molar refractivity (Wildman–Crippen MR) is 55.1 cm³/mol. The van der Waals surface area contributed by atoms with Crippen LogP contribution in [0.25, 0.3) is 0 Å². The lowest BCUT2D eigenvalue weighted by Gasteiger charge is -2.21. The molecule has 1 fully saturated rings. The summed E-state index contributed by atoms with van der Waals surface area (Å²) < 4.78 is 4.94. The number of ether oxygens (including phenoxy) is 1. The second kappa shape index (κ2) is 5.61. The Morgan fingerprint density at radius 3 is 2.75 bits per heavy atom. The molecule has 0 bridgehead atoms. The molecule has 88 valence electrons. The average Bonchev–Trinajstić information content (AvgIpc) is 2.51. The molecule has 1 saturated carbocycles. The first-order chi connectivity index (χ1) is 7.60. The number of allylic oxidation sites excluding steroid dienone is 1. The summed E-state index contributed by atoms with van der Waals surface area (Å²) in [5.41, 5.74) is 0. The second-order valence-corrected chi connectivity index (χ2v) is 3.70. The topological polar surface area (TPSA) is 83.8 Å². The van der Waals surface area contributed by atoms with E-state index in [2.05, 4.69) is 6.58 Å². The molecule has 2 N–H and O–H groups in total. The van der Waals surface area contributed by atoms with E-state index in [4.69, 9.17) is 4.74 Å². The SMILES string of the molecule is C=CC(=O)O[C@H]1[C@@H](CC=C=O)[C@H](O)C[C@@H]1O. The van der Waals surface area contributed by atoms with Crippen LogP contribution in [-0.4, -0.2) is 40.4 Å². The Bertz CT molecular complexity index is 318. The Morgan fingerprint density at radius 2 is 2.19 bits per heavy atom. The number of carbonyl (C=O) groups excluding carboxylic acids is 2. The van der Waals surface area contributed by atoms with E-state index in [9.17, 15) is 19.8 Å². The fraction of sp³-hybridized carbons (Fsp3) is 0.545. The summed E-state index contributed by atoms with van der Waals surface area (Å²) >= 11 is 0. The highest BCUT2D eigenvalue weighted by Gasteiger charge is 2.43. The summed E-state index contributed by atoms with van der Waals surface area (Å²) in [6, 6.07) is 0. The largest absolute Gasteiger partial charge is 0.456 e. The van der Waals surface area contributed by atoms with Gasteiger partial charge in [-0.1, -0.05) is 6.58 Å². The Balaban J connectivity index is 2.72. The van der Waals surface area contributed by atoms with Crippen LogP contribution in [0, 0.1) is 5.92 Å². The lowest BCUT2D eigenvalue weighted by Crippen LogP contribution is -2.32. The zero-order valence-electron chi connectivity index (χ0n) is 8.70. The van der Waals surface area contributed by atoms with Crippen LogP contribution in [0.15, 0.2) is 18.7 Å². The van der Waals surface area contributed by atoms with E-state index in [1.165, 1.54) is 6.08 Å². The van der Waals surface area contributed by atoms with E-state index in [-0.39, 0.29) is 12.8 Å². The number of aliphatic hydroxyl groups excluding tert-OH is 2. The van der Waals surface area contributed by atoms with Crippen LogP contribution in [0.1, 0.15) is 12.8 Å². The number of hydrogen-bond donors (Lipinski definition) is 2. The molecule has 5 heteroatoms. The number of aliphatic hydroxyl groups is 2. The molecular formula is C11H14O5. The van der Waals surface area contributed by atoms with Gasteiger partial charge in [0, 0.05) is 24.5 Å². The van der Waals surface area contributed by atoms with Crippen LogP contribution in [0.5, 0.6) is 0 Å². The van der Waals surface area contributed by atoms with E-state index >= 15 is 0 Å². The average molecular weight is 226 g/mol. The molecule has 0 aromatic heterocycles. The van der Waals surface area contributed by atoms with Crippen LogP contribution in [0.2, 0.25) is 0 Å². The summed E-state index contributed by atoms with van der Waals surface area (Å²) in [6.45, 7) is 3.25. The third-order valence-corrected chi connectivity index (χ3v) is 2.67. The molecule has 1 aliphatic carbocycles. The van der Waals surface area contributed by atoms with Gasteiger partial charge in [-0.3, -0.25) is 0 Å². The summed E-state index contributed by atoms with van der Waals surface area (Å²) in [5, 5.41) is 19.2. The summed E-state index contributed by atoms with van der Waals surface area (Å²) in [4.78, 5) is 21.1. The Hall–Kier alpha value is -1.42. The minimum Gasteiger partial charge on any atom is -0.456 e. The first-order valence-corrected chi connectivity index (χ1v) is 4.98. The molecule has 0 aliphatic heterocycles. The monoisotopic (exact) mass is 226 g/mol. The Labute approximate surface area is 93.0 Å². The van der Waals surface area contributed by atoms with Crippen molar-refractivity contribution in [3.63, 3.8) is 0 Å². The van der Waals surface area contributed by atoms with Crippen molar-refractivity contribution in [3.8, 4) is 0 Å². The highest BCUT2D eigenvalue weighted by Crippen LogP contribution is 2.32. The van der Waals surface area contributed by atoms with Crippen LogP contribution < -0.4 is 0 Å². The third kappa shape index (κ3) is 2.79. The standard InChI is InChI=1S/C11H14O5/c1-2-10(15)16-11-7(4-3-5-12)8(13)6-9(11)14/h2-3,7-9,11,13-14H,1,4,6H2/t7-,8+,9-,11-/m0/s1. The van der Waals surface area contributed by atoms with Crippen LogP contribution in [0.4, 0.5) is 0 Å². The maximum atomic E-state index is 11.0. The molecule has 0 aromatic rings. The predicted octanol–water partition coefficient (Wildman–Crippen LogP) is -0.396. The normalized spacial score (nSPS) is 32.9. The molecule has 0 heterocycles. The maximum Gasteiger partial charge on any atom is 0.330 e. The lowest BCUT2D eigenvalue weighted by molar-refractivity contribution is -0.150. The van der Waals surface area contributed by atoms with E-state index < -0.39 is 30.2 Å². The van der Waals surface area contributed by atoms with E-state index in [0.717, 1.165) is 6.08 Å². The smallest absolute Gasteiger partial charge is 0.330 e. The Morgan fingerprint density at radius 1 is 1.50 bits per heavy atom. The van der Waals surface area contributed by atoms with Crippen molar-refractivity contribution in [2.24, 2.45) is 5.92 Å². The van der Waals surface area contributed by atoms with Crippen molar-refractivity contribution in [2.75, 3.05) is 0 Å².